The van der Waals surface area contributed by atoms with E-state index < -0.39 is 10.0 Å². The maximum Gasteiger partial charge on any atom is 0.409 e. The lowest BCUT2D eigenvalue weighted by molar-refractivity contribution is 0.0403. The predicted molar refractivity (Wildman–Crippen MR) is 124 cm³/mol. The summed E-state index contributed by atoms with van der Waals surface area (Å²) in [4.78, 5) is 28.8. The van der Waals surface area contributed by atoms with Gasteiger partial charge in [-0.1, -0.05) is 32.6 Å². The molecule has 1 aromatic carbocycles. The van der Waals surface area contributed by atoms with E-state index in [4.69, 9.17) is 4.74 Å². The van der Waals surface area contributed by atoms with Crippen LogP contribution in [0.25, 0.3) is 0 Å². The van der Waals surface area contributed by atoms with E-state index in [1.165, 1.54) is 25.7 Å². The fourth-order valence-corrected chi connectivity index (χ4v) is 5.61. The van der Waals surface area contributed by atoms with E-state index in [2.05, 4.69) is 4.72 Å². The number of piperazine rings is 1. The van der Waals surface area contributed by atoms with Gasteiger partial charge >= 0.3 is 6.09 Å². The molecule has 1 saturated carbocycles. The Bertz CT molecular complexity index is 881. The molecule has 0 spiro atoms. The van der Waals surface area contributed by atoms with Crippen molar-refractivity contribution in [1.82, 2.24) is 9.80 Å². The summed E-state index contributed by atoms with van der Waals surface area (Å²) in [5, 5.41) is 0. The first kappa shape index (κ1) is 24.4. The zero-order chi connectivity index (χ0) is 23.1. The summed E-state index contributed by atoms with van der Waals surface area (Å²) in [7, 11) is -3.37. The van der Waals surface area contributed by atoms with E-state index in [1.54, 1.807) is 41.0 Å². The highest BCUT2D eigenvalue weighted by Crippen LogP contribution is 2.27. The lowest BCUT2D eigenvalue weighted by Crippen LogP contribution is -2.55. The van der Waals surface area contributed by atoms with Crippen molar-refractivity contribution in [2.45, 2.75) is 58.4 Å². The Morgan fingerprint density at radius 2 is 1.81 bits per heavy atom. The van der Waals surface area contributed by atoms with Gasteiger partial charge < -0.3 is 14.5 Å². The molecule has 0 radical (unpaired) electrons. The van der Waals surface area contributed by atoms with Gasteiger partial charge in [0, 0.05) is 36.9 Å². The minimum absolute atomic E-state index is 0.0541. The van der Waals surface area contributed by atoms with Crippen molar-refractivity contribution in [2.75, 3.05) is 36.7 Å². The molecule has 0 aromatic heterocycles. The molecule has 32 heavy (non-hydrogen) atoms. The zero-order valence-electron chi connectivity index (χ0n) is 19.1. The monoisotopic (exact) mass is 465 g/mol. The highest BCUT2D eigenvalue weighted by atomic mass is 32.2. The SMILES string of the molecule is CCCS(=O)(=O)Nc1ccc(C(=O)N2CCN(C(=O)OCCC3CCCC3)C[C@H]2C)cc1. The van der Waals surface area contributed by atoms with Crippen LogP contribution in [0.3, 0.4) is 0 Å². The number of benzene rings is 1. The molecule has 1 heterocycles. The van der Waals surface area contributed by atoms with E-state index in [9.17, 15) is 18.0 Å². The molecule has 0 unspecified atom stereocenters. The smallest absolute Gasteiger partial charge is 0.409 e. The highest BCUT2D eigenvalue weighted by Gasteiger charge is 2.31. The Morgan fingerprint density at radius 1 is 1.12 bits per heavy atom. The van der Waals surface area contributed by atoms with E-state index in [0.717, 1.165) is 6.42 Å². The minimum Gasteiger partial charge on any atom is -0.449 e. The Hall–Kier alpha value is -2.29. The largest absolute Gasteiger partial charge is 0.449 e. The zero-order valence-corrected chi connectivity index (χ0v) is 19.9. The number of nitrogens with one attached hydrogen (secondary N) is 1. The van der Waals surface area contributed by atoms with E-state index >= 15 is 0 Å². The van der Waals surface area contributed by atoms with E-state index in [0.29, 0.717) is 49.8 Å². The van der Waals surface area contributed by atoms with Crippen molar-refractivity contribution >= 4 is 27.7 Å². The molecule has 1 N–H and O–H groups in total. The Balaban J connectivity index is 1.49. The fraction of sp³-hybridized carbons (Fsp3) is 0.652. The quantitative estimate of drug-likeness (QED) is 0.631. The average molecular weight is 466 g/mol. The van der Waals surface area contributed by atoms with Gasteiger partial charge in [0.25, 0.3) is 5.91 Å². The molecule has 1 atom stereocenters. The number of anilines is 1. The highest BCUT2D eigenvalue weighted by molar-refractivity contribution is 7.92. The van der Waals surface area contributed by atoms with Crippen molar-refractivity contribution in [3.05, 3.63) is 29.8 Å². The number of hydrogen-bond donors (Lipinski definition) is 1. The van der Waals surface area contributed by atoms with Gasteiger partial charge in [-0.2, -0.15) is 0 Å². The molecule has 1 saturated heterocycles. The van der Waals surface area contributed by atoms with Gasteiger partial charge in [-0.15, -0.1) is 0 Å². The fourth-order valence-electron chi connectivity index (χ4n) is 4.47. The summed E-state index contributed by atoms with van der Waals surface area (Å²) < 4.78 is 31.8. The van der Waals surface area contributed by atoms with Crippen LogP contribution >= 0.6 is 0 Å². The van der Waals surface area contributed by atoms with Gasteiger partial charge in [-0.25, -0.2) is 13.2 Å². The van der Waals surface area contributed by atoms with Gasteiger partial charge in [0.15, 0.2) is 0 Å². The van der Waals surface area contributed by atoms with Crippen LogP contribution in [0.4, 0.5) is 10.5 Å². The topological polar surface area (TPSA) is 96.0 Å². The number of rotatable bonds is 8. The first-order valence-electron chi connectivity index (χ1n) is 11.6. The van der Waals surface area contributed by atoms with Gasteiger partial charge in [-0.3, -0.25) is 9.52 Å². The number of ether oxygens (including phenoxy) is 1. The van der Waals surface area contributed by atoms with Crippen LogP contribution in [0.15, 0.2) is 24.3 Å². The molecule has 1 aliphatic heterocycles. The second-order valence-corrected chi connectivity index (χ2v) is 10.7. The van der Waals surface area contributed by atoms with Gasteiger partial charge in [0.05, 0.1) is 12.4 Å². The number of carbonyl (C=O) groups is 2. The minimum atomic E-state index is -3.37. The van der Waals surface area contributed by atoms with E-state index in [1.807, 2.05) is 6.92 Å². The maximum absolute atomic E-state index is 13.0. The third-order valence-electron chi connectivity index (χ3n) is 6.25. The molecule has 178 valence electrons. The lowest BCUT2D eigenvalue weighted by Gasteiger charge is -2.39. The lowest BCUT2D eigenvalue weighted by atomic mass is 10.1. The van der Waals surface area contributed by atoms with Crippen LogP contribution < -0.4 is 4.72 Å². The summed E-state index contributed by atoms with van der Waals surface area (Å²) in [6.07, 6.45) is 6.20. The molecule has 3 rings (SSSR count). The maximum atomic E-state index is 13.0. The summed E-state index contributed by atoms with van der Waals surface area (Å²) in [5.41, 5.74) is 0.927. The van der Waals surface area contributed by atoms with Crippen molar-refractivity contribution < 1.29 is 22.7 Å². The van der Waals surface area contributed by atoms with Crippen LogP contribution in [0.1, 0.15) is 62.7 Å². The Morgan fingerprint density at radius 3 is 2.44 bits per heavy atom. The molecule has 1 aliphatic carbocycles. The first-order valence-corrected chi connectivity index (χ1v) is 13.3. The third-order valence-corrected chi connectivity index (χ3v) is 7.74. The summed E-state index contributed by atoms with van der Waals surface area (Å²) >= 11 is 0. The molecule has 9 heteroatoms. The molecule has 2 aliphatic rings. The molecule has 0 bridgehead atoms. The Labute approximate surface area is 191 Å². The van der Waals surface area contributed by atoms with E-state index in [-0.39, 0.29) is 23.8 Å². The number of nitrogens with zero attached hydrogens (tertiary/aromatic N) is 2. The molecule has 2 amide bonds. The molecular formula is C23H35N3O5S. The number of amides is 2. The molecule has 2 fully saturated rings. The molecule has 8 nitrogen and oxygen atoms in total. The first-order chi connectivity index (χ1) is 15.3. The number of sulfonamides is 1. The third kappa shape index (κ3) is 6.60. The second-order valence-electron chi connectivity index (χ2n) is 8.85. The van der Waals surface area contributed by atoms with Gasteiger partial charge in [0.2, 0.25) is 10.0 Å². The second kappa shape index (κ2) is 11.0. The van der Waals surface area contributed by atoms with Crippen LogP contribution in [0.2, 0.25) is 0 Å². The van der Waals surface area contributed by atoms with Crippen molar-refractivity contribution in [2.24, 2.45) is 5.92 Å². The van der Waals surface area contributed by atoms with Crippen molar-refractivity contribution in [3.8, 4) is 0 Å². The van der Waals surface area contributed by atoms with Crippen molar-refractivity contribution in [1.29, 1.82) is 0 Å². The summed E-state index contributed by atoms with van der Waals surface area (Å²) in [6.45, 7) is 5.49. The van der Waals surface area contributed by atoms with Crippen LogP contribution in [0.5, 0.6) is 0 Å². The van der Waals surface area contributed by atoms with Gasteiger partial charge in [0.1, 0.15) is 0 Å². The van der Waals surface area contributed by atoms with Crippen LogP contribution in [-0.2, 0) is 14.8 Å². The number of carbonyl (C=O) groups excluding carboxylic acids is 2. The van der Waals surface area contributed by atoms with Crippen LogP contribution in [0, 0.1) is 5.92 Å². The average Bonchev–Trinajstić information content (AvgIpc) is 3.27. The standard InChI is InChI=1S/C23H35N3O5S/c1-3-16-32(29,30)24-21-10-8-20(9-11-21)22(27)26-14-13-25(17-18(26)2)23(28)31-15-12-19-6-4-5-7-19/h8-11,18-19,24H,3-7,12-17H2,1-2H3/t18-/m1/s1. The summed E-state index contributed by atoms with van der Waals surface area (Å²) in [5.74, 6) is 0.609. The molecule has 1 aromatic rings. The van der Waals surface area contributed by atoms with Crippen LogP contribution in [-0.4, -0.2) is 68.3 Å². The normalized spacial score (nSPS) is 19.8. The summed E-state index contributed by atoms with van der Waals surface area (Å²) in [6, 6.07) is 6.32. The van der Waals surface area contributed by atoms with Gasteiger partial charge in [-0.05, 0) is 49.9 Å². The predicted octanol–water partition coefficient (Wildman–Crippen LogP) is 3.70. The molecular weight excluding hydrogens is 430 g/mol. The Kier molecular flexibility index (Phi) is 8.39. The number of hydrogen-bond acceptors (Lipinski definition) is 5. The van der Waals surface area contributed by atoms with Crippen molar-refractivity contribution in [3.63, 3.8) is 0 Å².